The molecule has 1 saturated heterocycles. The molecule has 2 aromatic rings. The Morgan fingerprint density at radius 3 is 2.38 bits per heavy atom. The zero-order chi connectivity index (χ0) is 21.3. The highest BCUT2D eigenvalue weighted by Gasteiger charge is 2.39. The maximum atomic E-state index is 13.0. The molecule has 3 heterocycles. The lowest BCUT2D eigenvalue weighted by molar-refractivity contribution is -0.147. The molecule has 0 bridgehead atoms. The Hall–Kier alpha value is -2.85. The molecule has 0 aliphatic carbocycles. The highest BCUT2D eigenvalue weighted by Crippen LogP contribution is 2.28. The zero-order valence-corrected chi connectivity index (χ0v) is 16.3. The van der Waals surface area contributed by atoms with Gasteiger partial charge in [-0.2, -0.15) is 13.2 Å². The third-order valence-corrected chi connectivity index (χ3v) is 4.69. The minimum Gasteiger partial charge on any atom is -0.475 e. The summed E-state index contributed by atoms with van der Waals surface area (Å²) in [6, 6.07) is 2.75. The normalized spacial score (nSPS) is 15.8. The molecule has 29 heavy (non-hydrogen) atoms. The summed E-state index contributed by atoms with van der Waals surface area (Å²) in [4.78, 5) is 30.5. The van der Waals surface area contributed by atoms with E-state index in [9.17, 15) is 22.8 Å². The summed E-state index contributed by atoms with van der Waals surface area (Å²) in [5.74, 6) is -1.03. The average molecular weight is 413 g/mol. The molecule has 2 aromatic heterocycles. The van der Waals surface area contributed by atoms with E-state index >= 15 is 0 Å². The van der Waals surface area contributed by atoms with Gasteiger partial charge in [0.15, 0.2) is 0 Å². The van der Waals surface area contributed by atoms with E-state index in [1.54, 1.807) is 17.0 Å². The van der Waals surface area contributed by atoms with Gasteiger partial charge < -0.3 is 9.64 Å². The van der Waals surface area contributed by atoms with Crippen molar-refractivity contribution in [2.24, 2.45) is 7.05 Å². The highest BCUT2D eigenvalue weighted by molar-refractivity contribution is 5.94. The number of nitrogens with zero attached hydrogens (tertiary/aromatic N) is 5. The second kappa shape index (κ2) is 7.88. The van der Waals surface area contributed by atoms with Gasteiger partial charge >= 0.3 is 11.9 Å². The minimum atomic E-state index is -4.70. The van der Waals surface area contributed by atoms with Gasteiger partial charge in [0.1, 0.15) is 0 Å². The van der Waals surface area contributed by atoms with Gasteiger partial charge in [-0.3, -0.25) is 9.36 Å². The first-order valence-electron chi connectivity index (χ1n) is 9.22. The number of likely N-dealkylation sites (tertiary alicyclic amines) is 1. The Kier molecular flexibility index (Phi) is 5.67. The van der Waals surface area contributed by atoms with Gasteiger partial charge in [-0.15, -0.1) is 5.10 Å². The predicted molar refractivity (Wildman–Crippen MR) is 96.6 cm³/mol. The summed E-state index contributed by atoms with van der Waals surface area (Å²) < 4.78 is 45.7. The lowest BCUT2D eigenvalue weighted by Gasteiger charge is -2.31. The van der Waals surface area contributed by atoms with Gasteiger partial charge in [-0.1, -0.05) is 0 Å². The lowest BCUT2D eigenvalue weighted by atomic mass is 10.0. The van der Waals surface area contributed by atoms with E-state index in [1.165, 1.54) is 6.20 Å². The van der Waals surface area contributed by atoms with E-state index in [1.807, 2.05) is 13.8 Å². The zero-order valence-electron chi connectivity index (χ0n) is 16.3. The second-order valence-electron chi connectivity index (χ2n) is 7.18. The third-order valence-electron chi connectivity index (χ3n) is 4.69. The van der Waals surface area contributed by atoms with Crippen molar-refractivity contribution in [3.63, 3.8) is 0 Å². The van der Waals surface area contributed by atoms with Crippen LogP contribution < -0.4 is 10.4 Å². The SMILES string of the molecule is CC(C)Oc1ccc(C(=O)N2CCC(n3nc(C(F)(F)F)n(C)c3=O)CC2)cn1. The standard InChI is InChI=1S/C18H22F3N5O3/c1-11(2)29-14-5-4-12(10-22-14)15(27)25-8-6-13(7-9-25)26-17(28)24(3)16(23-26)18(19,20)21/h4-5,10-11,13H,6-9H2,1-3H3. The molecule has 0 aromatic carbocycles. The number of alkyl halides is 3. The first kappa shape index (κ1) is 20.9. The van der Waals surface area contributed by atoms with Crippen LogP contribution in [-0.4, -0.2) is 49.3 Å². The molecule has 0 N–H and O–H groups in total. The largest absolute Gasteiger partial charge is 0.475 e. The molecule has 0 spiro atoms. The summed E-state index contributed by atoms with van der Waals surface area (Å²) in [6.07, 6.45) is -2.63. The number of piperidine rings is 1. The molecule has 1 amide bonds. The van der Waals surface area contributed by atoms with Crippen molar-refractivity contribution in [2.75, 3.05) is 13.1 Å². The lowest BCUT2D eigenvalue weighted by Crippen LogP contribution is -2.41. The second-order valence-corrected chi connectivity index (χ2v) is 7.18. The molecule has 3 rings (SSSR count). The maximum absolute atomic E-state index is 13.0. The average Bonchev–Trinajstić information content (AvgIpc) is 2.97. The Morgan fingerprint density at radius 2 is 1.90 bits per heavy atom. The Bertz CT molecular complexity index is 926. The minimum absolute atomic E-state index is 0.0315. The molecule has 11 heteroatoms. The molecule has 0 saturated carbocycles. The van der Waals surface area contributed by atoms with E-state index in [4.69, 9.17) is 4.74 Å². The number of carbonyl (C=O) groups is 1. The van der Waals surface area contributed by atoms with Gasteiger partial charge in [0.2, 0.25) is 11.7 Å². The van der Waals surface area contributed by atoms with Crippen molar-refractivity contribution in [1.82, 2.24) is 24.2 Å². The quantitative estimate of drug-likeness (QED) is 0.768. The first-order valence-corrected chi connectivity index (χ1v) is 9.22. The van der Waals surface area contributed by atoms with Crippen LogP contribution in [0.25, 0.3) is 0 Å². The van der Waals surface area contributed by atoms with Gasteiger partial charge in [-0.25, -0.2) is 14.5 Å². The summed E-state index contributed by atoms with van der Waals surface area (Å²) in [7, 11) is 1.05. The van der Waals surface area contributed by atoms with Crippen molar-refractivity contribution < 1.29 is 22.7 Å². The first-order chi connectivity index (χ1) is 13.6. The Morgan fingerprint density at radius 1 is 1.24 bits per heavy atom. The van der Waals surface area contributed by atoms with Crippen molar-refractivity contribution in [2.45, 2.75) is 45.0 Å². The molecule has 158 valence electrons. The smallest absolute Gasteiger partial charge is 0.451 e. The summed E-state index contributed by atoms with van der Waals surface area (Å²) in [6.45, 7) is 4.35. The number of hydrogen-bond donors (Lipinski definition) is 0. The van der Waals surface area contributed by atoms with Crippen LogP contribution in [0.4, 0.5) is 13.2 Å². The number of halogens is 3. The van der Waals surface area contributed by atoms with Crippen molar-refractivity contribution in [1.29, 1.82) is 0 Å². The van der Waals surface area contributed by atoms with Gasteiger partial charge in [-0.05, 0) is 32.8 Å². The molecular formula is C18H22F3N5O3. The van der Waals surface area contributed by atoms with Crippen LogP contribution in [0, 0.1) is 0 Å². The molecule has 1 fully saturated rings. The van der Waals surface area contributed by atoms with Crippen LogP contribution in [0.2, 0.25) is 0 Å². The van der Waals surface area contributed by atoms with Crippen LogP contribution in [0.5, 0.6) is 5.88 Å². The Labute approximate surface area is 164 Å². The fourth-order valence-corrected chi connectivity index (χ4v) is 3.25. The molecular weight excluding hydrogens is 391 g/mol. The Balaban J connectivity index is 1.66. The molecule has 8 nitrogen and oxygen atoms in total. The molecule has 0 unspecified atom stereocenters. The number of pyridine rings is 1. The van der Waals surface area contributed by atoms with E-state index in [0.29, 0.717) is 41.9 Å². The molecule has 0 atom stereocenters. The summed E-state index contributed by atoms with van der Waals surface area (Å²) in [5.41, 5.74) is -0.416. The summed E-state index contributed by atoms with van der Waals surface area (Å²) >= 11 is 0. The van der Waals surface area contributed by atoms with Crippen molar-refractivity contribution in [3.8, 4) is 5.88 Å². The van der Waals surface area contributed by atoms with Crippen LogP contribution in [0.15, 0.2) is 23.1 Å². The molecule has 1 aliphatic heterocycles. The van der Waals surface area contributed by atoms with E-state index in [0.717, 1.165) is 11.7 Å². The maximum Gasteiger partial charge on any atom is 0.451 e. The van der Waals surface area contributed by atoms with Crippen LogP contribution in [0.3, 0.4) is 0 Å². The fourth-order valence-electron chi connectivity index (χ4n) is 3.25. The monoisotopic (exact) mass is 413 g/mol. The van der Waals surface area contributed by atoms with Crippen molar-refractivity contribution >= 4 is 5.91 Å². The van der Waals surface area contributed by atoms with Gasteiger partial charge in [0.05, 0.1) is 17.7 Å². The molecule has 1 aliphatic rings. The molecule has 0 radical (unpaired) electrons. The number of ether oxygens (including phenoxy) is 1. The predicted octanol–water partition coefficient (Wildman–Crippen LogP) is 2.26. The van der Waals surface area contributed by atoms with Gasteiger partial charge in [0, 0.05) is 32.4 Å². The fraction of sp³-hybridized carbons (Fsp3) is 0.556. The van der Waals surface area contributed by atoms with Gasteiger partial charge in [0.25, 0.3) is 5.91 Å². The topological polar surface area (TPSA) is 82.2 Å². The third kappa shape index (κ3) is 4.43. The number of carbonyl (C=O) groups excluding carboxylic acids is 1. The van der Waals surface area contributed by atoms with Crippen LogP contribution in [0.1, 0.15) is 48.9 Å². The van der Waals surface area contributed by atoms with E-state index in [-0.39, 0.29) is 12.0 Å². The number of hydrogen-bond acceptors (Lipinski definition) is 5. The number of amides is 1. The summed E-state index contributed by atoms with van der Waals surface area (Å²) in [5, 5.41) is 3.48. The van der Waals surface area contributed by atoms with E-state index in [2.05, 4.69) is 10.1 Å². The van der Waals surface area contributed by atoms with Crippen LogP contribution in [-0.2, 0) is 13.2 Å². The van der Waals surface area contributed by atoms with E-state index < -0.39 is 23.7 Å². The highest BCUT2D eigenvalue weighted by atomic mass is 19.4. The van der Waals surface area contributed by atoms with Crippen LogP contribution >= 0.6 is 0 Å². The number of aromatic nitrogens is 4. The van der Waals surface area contributed by atoms with Crippen molar-refractivity contribution in [3.05, 3.63) is 40.2 Å². The number of rotatable bonds is 4.